The number of ether oxygens (including phenoxy) is 3. The van der Waals surface area contributed by atoms with E-state index in [4.69, 9.17) is 14.2 Å². The van der Waals surface area contributed by atoms with Gasteiger partial charge in [-0.05, 0) is 65.7 Å². The van der Waals surface area contributed by atoms with Gasteiger partial charge < -0.3 is 24.4 Å². The number of anilines is 3. The van der Waals surface area contributed by atoms with Crippen LogP contribution in [0.1, 0.15) is 33.4 Å². The third-order valence-corrected chi connectivity index (χ3v) is 7.36. The monoisotopic (exact) mass is 535 g/mol. The smallest absolute Gasteiger partial charge is 0.259 e. The largest absolute Gasteiger partial charge is 0.497 e. The molecular weight excluding hydrogens is 506 g/mol. The standard InChI is InChI=1S/C32H29N3O5/c1-34(2)22-12-10-21(11-13-22)33-31(36)29-25-6-4-5-7-26(25)32(37)35(23-14-17-27-28(18-23)40-19-39-27)30(29)20-8-15-24(38-3)16-9-20/h4-18,29-30H,19H2,1-3H3,(H,33,36)/t29-,30+/m1/s1. The molecule has 4 aromatic rings. The molecule has 2 heterocycles. The number of carbonyl (C=O) groups is 2. The van der Waals surface area contributed by atoms with Crippen LogP contribution in [0.3, 0.4) is 0 Å². The minimum atomic E-state index is -0.707. The molecule has 0 saturated heterocycles. The molecule has 2 amide bonds. The van der Waals surface area contributed by atoms with Crippen molar-refractivity contribution >= 4 is 28.9 Å². The summed E-state index contributed by atoms with van der Waals surface area (Å²) in [6, 6.07) is 27.2. The number of hydrogen-bond donors (Lipinski definition) is 1. The second-order valence-electron chi connectivity index (χ2n) is 9.93. The van der Waals surface area contributed by atoms with Gasteiger partial charge in [0.2, 0.25) is 12.7 Å². The Labute approximate surface area is 232 Å². The summed E-state index contributed by atoms with van der Waals surface area (Å²) in [7, 11) is 5.54. The molecule has 0 aromatic heterocycles. The molecular formula is C32H29N3O5. The van der Waals surface area contributed by atoms with Gasteiger partial charge >= 0.3 is 0 Å². The first kappa shape index (κ1) is 25.3. The van der Waals surface area contributed by atoms with Crippen LogP contribution in [0.5, 0.6) is 17.2 Å². The average Bonchev–Trinajstić information content (AvgIpc) is 3.45. The summed E-state index contributed by atoms with van der Waals surface area (Å²) in [4.78, 5) is 32.0. The fourth-order valence-corrected chi connectivity index (χ4v) is 5.34. The second kappa shape index (κ2) is 10.3. The van der Waals surface area contributed by atoms with E-state index in [9.17, 15) is 9.59 Å². The Balaban J connectivity index is 1.48. The number of carbonyl (C=O) groups excluding carboxylic acids is 2. The predicted molar refractivity (Wildman–Crippen MR) is 154 cm³/mol. The summed E-state index contributed by atoms with van der Waals surface area (Å²) in [5.74, 6) is 0.729. The molecule has 0 radical (unpaired) electrons. The molecule has 202 valence electrons. The van der Waals surface area contributed by atoms with Crippen LogP contribution < -0.4 is 29.3 Å². The molecule has 8 nitrogen and oxygen atoms in total. The van der Waals surface area contributed by atoms with Gasteiger partial charge in [0.15, 0.2) is 11.5 Å². The summed E-state index contributed by atoms with van der Waals surface area (Å²) < 4.78 is 16.5. The zero-order chi connectivity index (χ0) is 27.8. The number of methoxy groups -OCH3 is 1. The SMILES string of the molecule is COc1ccc([C@H]2[C@H](C(=O)Nc3ccc(N(C)C)cc3)c3ccccc3C(=O)N2c2ccc3c(c2)OCO3)cc1. The van der Waals surface area contributed by atoms with Gasteiger partial charge in [-0.1, -0.05) is 30.3 Å². The molecule has 4 aromatic carbocycles. The number of nitrogens with zero attached hydrogens (tertiary/aromatic N) is 2. The van der Waals surface area contributed by atoms with Gasteiger partial charge in [0, 0.05) is 42.8 Å². The van der Waals surface area contributed by atoms with E-state index in [0.29, 0.717) is 39.8 Å². The predicted octanol–water partition coefficient (Wildman–Crippen LogP) is 5.61. The van der Waals surface area contributed by atoms with Crippen molar-refractivity contribution in [1.29, 1.82) is 0 Å². The maximum absolute atomic E-state index is 14.2. The van der Waals surface area contributed by atoms with E-state index in [2.05, 4.69) is 5.32 Å². The van der Waals surface area contributed by atoms with Crippen molar-refractivity contribution in [2.24, 2.45) is 0 Å². The van der Waals surface area contributed by atoms with E-state index in [-0.39, 0.29) is 18.6 Å². The van der Waals surface area contributed by atoms with Gasteiger partial charge in [0.1, 0.15) is 5.75 Å². The lowest BCUT2D eigenvalue weighted by Gasteiger charge is -2.42. The van der Waals surface area contributed by atoms with Crippen LogP contribution in [0.2, 0.25) is 0 Å². The molecule has 0 fully saturated rings. The summed E-state index contributed by atoms with van der Waals surface area (Å²) in [5.41, 5.74) is 4.26. The van der Waals surface area contributed by atoms with Gasteiger partial charge in [0.05, 0.1) is 19.1 Å². The molecule has 2 aliphatic heterocycles. The molecule has 2 atom stereocenters. The lowest BCUT2D eigenvalue weighted by atomic mass is 9.78. The van der Waals surface area contributed by atoms with Gasteiger partial charge in [0.25, 0.3) is 5.91 Å². The summed E-state index contributed by atoms with van der Waals surface area (Å²) >= 11 is 0. The van der Waals surface area contributed by atoms with E-state index in [1.807, 2.05) is 91.8 Å². The highest BCUT2D eigenvalue weighted by atomic mass is 16.7. The van der Waals surface area contributed by atoms with E-state index >= 15 is 0 Å². The first-order valence-corrected chi connectivity index (χ1v) is 13.0. The first-order valence-electron chi connectivity index (χ1n) is 13.0. The number of benzene rings is 4. The summed E-state index contributed by atoms with van der Waals surface area (Å²) in [6.45, 7) is 0.120. The zero-order valence-electron chi connectivity index (χ0n) is 22.5. The zero-order valence-corrected chi connectivity index (χ0v) is 22.5. The Morgan fingerprint density at radius 3 is 2.38 bits per heavy atom. The van der Waals surface area contributed by atoms with Gasteiger partial charge in [-0.3, -0.25) is 14.5 Å². The minimum Gasteiger partial charge on any atom is -0.497 e. The highest BCUT2D eigenvalue weighted by molar-refractivity contribution is 6.12. The normalized spacial score (nSPS) is 17.3. The molecule has 0 spiro atoms. The van der Waals surface area contributed by atoms with Crippen molar-refractivity contribution in [3.05, 3.63) is 108 Å². The molecule has 0 saturated carbocycles. The van der Waals surface area contributed by atoms with Crippen LogP contribution in [-0.4, -0.2) is 39.8 Å². The number of nitrogens with one attached hydrogen (secondary N) is 1. The van der Waals surface area contributed by atoms with Gasteiger partial charge in [-0.25, -0.2) is 0 Å². The molecule has 8 heteroatoms. The topological polar surface area (TPSA) is 80.3 Å². The summed E-state index contributed by atoms with van der Waals surface area (Å²) in [5, 5.41) is 3.10. The van der Waals surface area contributed by atoms with Gasteiger partial charge in [-0.2, -0.15) is 0 Å². The first-order chi connectivity index (χ1) is 19.4. The van der Waals surface area contributed by atoms with Gasteiger partial charge in [-0.15, -0.1) is 0 Å². The maximum Gasteiger partial charge on any atom is 0.259 e. The molecule has 0 aliphatic carbocycles. The number of hydrogen-bond acceptors (Lipinski definition) is 6. The van der Waals surface area contributed by atoms with E-state index in [0.717, 1.165) is 11.3 Å². The molecule has 0 unspecified atom stereocenters. The quantitative estimate of drug-likeness (QED) is 0.346. The van der Waals surface area contributed by atoms with Crippen molar-refractivity contribution in [1.82, 2.24) is 0 Å². The van der Waals surface area contributed by atoms with Crippen LogP contribution in [-0.2, 0) is 4.79 Å². The van der Waals surface area contributed by atoms with Crippen molar-refractivity contribution < 1.29 is 23.8 Å². The summed E-state index contributed by atoms with van der Waals surface area (Å²) in [6.07, 6.45) is 0. The Hall–Kier alpha value is -4.98. The molecule has 2 aliphatic rings. The van der Waals surface area contributed by atoms with E-state index < -0.39 is 12.0 Å². The minimum absolute atomic E-state index is 0.120. The third kappa shape index (κ3) is 4.47. The number of fused-ring (bicyclic) bond motifs is 2. The Kier molecular flexibility index (Phi) is 6.51. The molecule has 0 bridgehead atoms. The molecule has 6 rings (SSSR count). The Morgan fingerprint density at radius 2 is 1.65 bits per heavy atom. The lowest BCUT2D eigenvalue weighted by Crippen LogP contribution is -2.46. The van der Waals surface area contributed by atoms with Crippen LogP contribution in [0, 0.1) is 0 Å². The number of amides is 2. The Morgan fingerprint density at radius 1 is 0.925 bits per heavy atom. The second-order valence-corrected chi connectivity index (χ2v) is 9.93. The van der Waals surface area contributed by atoms with Crippen molar-refractivity contribution in [2.75, 3.05) is 43.1 Å². The van der Waals surface area contributed by atoms with Crippen LogP contribution >= 0.6 is 0 Å². The average molecular weight is 536 g/mol. The van der Waals surface area contributed by atoms with E-state index in [1.165, 1.54) is 0 Å². The Bertz CT molecular complexity index is 1570. The van der Waals surface area contributed by atoms with E-state index in [1.54, 1.807) is 30.2 Å². The third-order valence-electron chi connectivity index (χ3n) is 7.36. The van der Waals surface area contributed by atoms with Crippen molar-refractivity contribution in [3.63, 3.8) is 0 Å². The maximum atomic E-state index is 14.2. The van der Waals surface area contributed by atoms with Crippen LogP contribution in [0.15, 0.2) is 91.0 Å². The fourth-order valence-electron chi connectivity index (χ4n) is 5.34. The fraction of sp³-hybridized carbons (Fsp3) is 0.188. The van der Waals surface area contributed by atoms with Crippen molar-refractivity contribution in [2.45, 2.75) is 12.0 Å². The van der Waals surface area contributed by atoms with Crippen LogP contribution in [0.25, 0.3) is 0 Å². The highest BCUT2D eigenvalue weighted by Gasteiger charge is 2.45. The number of rotatable bonds is 6. The molecule has 1 N–H and O–H groups in total. The van der Waals surface area contributed by atoms with Crippen LogP contribution in [0.4, 0.5) is 17.1 Å². The molecule has 40 heavy (non-hydrogen) atoms. The highest BCUT2D eigenvalue weighted by Crippen LogP contribution is 2.47. The lowest BCUT2D eigenvalue weighted by molar-refractivity contribution is -0.118. The van der Waals surface area contributed by atoms with Crippen molar-refractivity contribution in [3.8, 4) is 17.2 Å².